The number of aliphatic carboxylic acids is 1. The number of hydrogen-bond donors (Lipinski definition) is 6. The zero-order valence-corrected chi connectivity index (χ0v) is 53.2. The maximum atomic E-state index is 13.4. The molecule has 5 saturated heterocycles. The standard InChI is InChI=1S/C50H72N7O31S4/c1-23-24(2)34(53-56-51)47(79-31(23)20-76-89(61,62)63)84-38-28(6)39(74-18-29-14-10-8-11-15-29)49(86-42(38)45(58)59)83-37-27(5)35(54-57-52)48(81-33(37)22-78-91(67,68)69)85-41-40(75-19-30-16-12-9-13-17-30)43(88-92(70,71)72)50(87-44(41)55-60)82-36-25(3)26(4)46(73-7)80-32(36)21-77-90(64,65)66/h8-17,23-28,31-44,46-50,55H,18-22H2,1-7H3,(H,58,59)(H,61,62,63)(H,64,65,66)(H,67,68,69)(H,70,71,72)/q-1/t23-,24-,25+,26?,27+,28-,31?,32?,33?,34?,35?,36-,37-,38-,39?,40?,41-,42?,43?,44+,46-,47+,48+,49+,50+/m0/s1. The van der Waals surface area contributed by atoms with Crippen LogP contribution in [0.3, 0.4) is 0 Å². The first-order chi connectivity index (χ1) is 43.2. The number of carboxylic acid groups (broad SMARTS) is 1. The van der Waals surface area contributed by atoms with Crippen LogP contribution in [0.25, 0.3) is 20.9 Å². The number of benzene rings is 2. The molecule has 5 aliphatic rings. The Hall–Kier alpha value is -4.55. The Morgan fingerprint density at radius 2 is 0.946 bits per heavy atom. The molecule has 10 unspecified atom stereocenters. The maximum Gasteiger partial charge on any atom is 0.397 e. The van der Waals surface area contributed by atoms with E-state index in [2.05, 4.69) is 28.4 Å². The highest BCUT2D eigenvalue weighted by atomic mass is 32.3. The number of carbonyl (C=O) groups is 1. The van der Waals surface area contributed by atoms with Crippen molar-refractivity contribution < 1.29 is 135 Å². The molecule has 2 aromatic carbocycles. The molecule has 7 rings (SSSR count). The first-order valence-corrected chi connectivity index (χ1v) is 33.6. The SMILES string of the molecule is CO[C@H]1OC(COS(=O)(=O)O)[C@@H](O[C@@H]2O[C@@H](N[O-])[C@@H](O[C@H]3OC(COS(=O)(=O)O)[C@@H](O[C@@H]4OC(C(=O)O)[C@@H](O[C@H]5OC(COS(=O)(=O)O)[C@@H](C)[C@H](C)C5N=[N+]=[N-])[C@H](C)C4OCc4ccccc4)[C@H](C)C3N=[N+]=[N-])C(OCc3ccccc3)C2OS(=O)(=O)O)[C@H](C)C1C. The predicted molar refractivity (Wildman–Crippen MR) is 304 cm³/mol. The molecular weight excluding hydrogens is 1320 g/mol. The molecule has 518 valence electrons. The molecular formula is C50H72N7O31S4-. The van der Waals surface area contributed by atoms with E-state index in [-0.39, 0.29) is 6.61 Å². The van der Waals surface area contributed by atoms with Gasteiger partial charge in [0.05, 0.1) is 63.4 Å². The van der Waals surface area contributed by atoms with Gasteiger partial charge in [-0.3, -0.25) is 18.2 Å². The van der Waals surface area contributed by atoms with Gasteiger partial charge in [-0.2, -0.15) is 33.7 Å². The van der Waals surface area contributed by atoms with E-state index in [9.17, 15) is 78.1 Å². The summed E-state index contributed by atoms with van der Waals surface area (Å²) in [7, 11) is -19.9. The number of hydrogen-bond acceptors (Lipinski definition) is 29. The highest BCUT2D eigenvalue weighted by Crippen LogP contribution is 2.43. The zero-order valence-electron chi connectivity index (χ0n) is 49.9. The second-order valence-corrected chi connectivity index (χ2v) is 26.6. The van der Waals surface area contributed by atoms with Gasteiger partial charge < -0.3 is 72.6 Å². The fourth-order valence-corrected chi connectivity index (χ4v) is 12.8. The maximum absolute atomic E-state index is 13.4. The van der Waals surface area contributed by atoms with Gasteiger partial charge in [0.15, 0.2) is 43.7 Å². The van der Waals surface area contributed by atoms with Crippen molar-refractivity contribution in [2.45, 2.75) is 172 Å². The Labute approximate surface area is 528 Å². The third-order valence-corrected chi connectivity index (χ3v) is 18.2. The normalized spacial score (nSPS) is 37.3. The summed E-state index contributed by atoms with van der Waals surface area (Å²) >= 11 is 0. The minimum atomic E-state index is -5.64. The van der Waals surface area contributed by atoms with Crippen LogP contribution in [0.4, 0.5) is 0 Å². The molecule has 0 aromatic heterocycles. The average molecular weight is 1400 g/mol. The summed E-state index contributed by atoms with van der Waals surface area (Å²) in [4.78, 5) is 19.3. The molecule has 5 heterocycles. The van der Waals surface area contributed by atoms with Gasteiger partial charge in [0.2, 0.25) is 0 Å². The highest BCUT2D eigenvalue weighted by molar-refractivity contribution is 7.81. The third-order valence-electron chi connectivity index (χ3n) is 16.5. The van der Waals surface area contributed by atoms with Crippen molar-refractivity contribution in [3.05, 3.63) is 97.9 Å². The summed E-state index contributed by atoms with van der Waals surface area (Å²) in [5, 5.41) is 31.9. The van der Waals surface area contributed by atoms with Gasteiger partial charge in [0, 0.05) is 28.8 Å². The van der Waals surface area contributed by atoms with Crippen LogP contribution >= 0.6 is 0 Å². The molecule has 0 amide bonds. The molecule has 38 nitrogen and oxygen atoms in total. The highest BCUT2D eigenvalue weighted by Gasteiger charge is 2.58. The molecule has 0 bridgehead atoms. The van der Waals surface area contributed by atoms with Crippen molar-refractivity contribution in [2.24, 2.45) is 45.7 Å². The van der Waals surface area contributed by atoms with Gasteiger partial charge in [-0.25, -0.2) is 21.5 Å². The zero-order chi connectivity index (χ0) is 67.6. The lowest BCUT2D eigenvalue weighted by Crippen LogP contribution is -2.67. The van der Waals surface area contributed by atoms with Gasteiger partial charge in [0.25, 0.3) is 0 Å². The van der Waals surface area contributed by atoms with Crippen LogP contribution < -0.4 is 5.48 Å². The summed E-state index contributed by atoms with van der Waals surface area (Å²) < 4.78 is 230. The Kier molecular flexibility index (Phi) is 26.4. The minimum absolute atomic E-state index is 0.234. The van der Waals surface area contributed by atoms with Crippen molar-refractivity contribution in [3.63, 3.8) is 0 Å². The van der Waals surface area contributed by atoms with Crippen LogP contribution in [-0.4, -0.2) is 207 Å². The first kappa shape index (κ1) is 74.8. The molecule has 0 aliphatic carbocycles. The number of hydroxylamine groups is 1. The number of nitrogens with zero attached hydrogens (tertiary/aromatic N) is 6. The van der Waals surface area contributed by atoms with Crippen molar-refractivity contribution in [1.29, 1.82) is 0 Å². The van der Waals surface area contributed by atoms with Crippen molar-refractivity contribution >= 4 is 47.6 Å². The lowest BCUT2D eigenvalue weighted by atomic mass is 9.82. The molecule has 92 heavy (non-hydrogen) atoms. The molecule has 5 aliphatic heterocycles. The van der Waals surface area contributed by atoms with E-state index in [1.807, 2.05) is 0 Å². The van der Waals surface area contributed by atoms with Crippen LogP contribution in [0.15, 0.2) is 70.9 Å². The van der Waals surface area contributed by atoms with E-state index in [0.29, 0.717) is 11.1 Å². The van der Waals surface area contributed by atoms with E-state index in [1.54, 1.807) is 93.8 Å². The van der Waals surface area contributed by atoms with Gasteiger partial charge in [-0.05, 0) is 45.9 Å². The van der Waals surface area contributed by atoms with Gasteiger partial charge in [-0.1, -0.05) is 112 Å². The minimum Gasteiger partial charge on any atom is -0.786 e. The van der Waals surface area contributed by atoms with Crippen LogP contribution in [0.5, 0.6) is 0 Å². The van der Waals surface area contributed by atoms with Crippen LogP contribution in [0.2, 0.25) is 0 Å². The largest absolute Gasteiger partial charge is 0.786 e. The van der Waals surface area contributed by atoms with Crippen LogP contribution in [0.1, 0.15) is 52.7 Å². The van der Waals surface area contributed by atoms with E-state index in [1.165, 1.54) is 21.0 Å². The first-order valence-electron chi connectivity index (χ1n) is 28.2. The van der Waals surface area contributed by atoms with E-state index in [0.717, 1.165) is 0 Å². The van der Waals surface area contributed by atoms with Crippen LogP contribution in [0, 0.1) is 40.7 Å². The summed E-state index contributed by atoms with van der Waals surface area (Å²) in [6.07, 6.45) is -30.1. The Balaban J connectivity index is 1.26. The topological polar surface area (TPSA) is 535 Å². The summed E-state index contributed by atoms with van der Waals surface area (Å²) in [5.74, 6) is -6.94. The Morgan fingerprint density at radius 1 is 0.511 bits per heavy atom. The lowest BCUT2D eigenvalue weighted by molar-refractivity contribution is -0.374. The molecule has 0 radical (unpaired) electrons. The molecule has 5 fully saturated rings. The number of methoxy groups -OCH3 is 1. The number of rotatable bonds is 30. The van der Waals surface area contributed by atoms with E-state index < -0.39 is 226 Å². The Morgan fingerprint density at radius 3 is 1.41 bits per heavy atom. The second-order valence-electron chi connectivity index (χ2n) is 22.3. The molecule has 2 aromatic rings. The number of carboxylic acids is 1. The van der Waals surface area contributed by atoms with E-state index in [4.69, 9.17) is 65.2 Å². The predicted octanol–water partition coefficient (Wildman–Crippen LogP) is 2.92. The van der Waals surface area contributed by atoms with Crippen molar-refractivity contribution in [3.8, 4) is 0 Å². The monoisotopic (exact) mass is 1390 g/mol. The Bertz CT molecular complexity index is 3310. The smallest absolute Gasteiger partial charge is 0.397 e. The summed E-state index contributed by atoms with van der Waals surface area (Å²) in [5.41, 5.74) is 22.4. The van der Waals surface area contributed by atoms with Gasteiger partial charge in [0.1, 0.15) is 42.9 Å². The third kappa shape index (κ3) is 20.0. The molecule has 0 spiro atoms. The lowest BCUT2D eigenvalue weighted by Gasteiger charge is -2.52. The van der Waals surface area contributed by atoms with Gasteiger partial charge >= 0.3 is 47.6 Å². The molecule has 42 heteroatoms. The average Bonchev–Trinajstić information content (AvgIpc) is 0.773. The molecule has 25 atom stereocenters. The molecule has 6 N–H and O–H groups in total. The van der Waals surface area contributed by atoms with E-state index >= 15 is 0 Å². The number of ether oxygens (including phenoxy) is 12. The van der Waals surface area contributed by atoms with Crippen LogP contribution in [-0.2, 0) is 133 Å². The second kappa shape index (κ2) is 32.5. The fourth-order valence-electron chi connectivity index (χ4n) is 11.4. The fraction of sp³-hybridized carbons (Fsp3) is 0.740. The summed E-state index contributed by atoms with van der Waals surface area (Å²) in [6.45, 7) is 5.67. The molecule has 0 saturated carbocycles. The number of nitrogens with one attached hydrogen (secondary N) is 1. The number of azide groups is 2. The van der Waals surface area contributed by atoms with Gasteiger partial charge in [-0.15, -0.1) is 0 Å². The van der Waals surface area contributed by atoms with Crippen molar-refractivity contribution in [1.82, 2.24) is 5.48 Å². The quantitative estimate of drug-likeness (QED) is 0.0215. The summed E-state index contributed by atoms with van der Waals surface area (Å²) in [6, 6.07) is 13.5. The van der Waals surface area contributed by atoms with Crippen molar-refractivity contribution in [2.75, 3.05) is 26.9 Å².